The molecular weight excluding hydrogens is 264 g/mol. The molecule has 22 heavy (non-hydrogen) atoms. The first-order chi connectivity index (χ1) is 10.7. The average Bonchev–Trinajstić information content (AvgIpc) is 2.83. The van der Waals surface area contributed by atoms with Crippen LogP contribution in [0.2, 0.25) is 0 Å². The van der Waals surface area contributed by atoms with Crippen LogP contribution in [0.1, 0.15) is 11.1 Å². The van der Waals surface area contributed by atoms with Gasteiger partial charge in [0.15, 0.2) is 0 Å². The monoisotopic (exact) mass is 280 g/mol. The number of hydrogen-bond donors (Lipinski definition) is 0. The van der Waals surface area contributed by atoms with E-state index in [2.05, 4.69) is 74.5 Å². The van der Waals surface area contributed by atoms with E-state index in [4.69, 9.17) is 0 Å². The molecule has 4 aromatic rings. The zero-order valence-corrected chi connectivity index (χ0v) is 12.8. The second-order valence-corrected chi connectivity index (χ2v) is 6.36. The molecule has 0 nitrogen and oxygen atoms in total. The first kappa shape index (κ1) is 12.0. The van der Waals surface area contributed by atoms with Crippen molar-refractivity contribution in [3.8, 4) is 22.3 Å². The zero-order chi connectivity index (χ0) is 14.8. The Morgan fingerprint density at radius 3 is 2.05 bits per heavy atom. The molecule has 1 aliphatic rings. The van der Waals surface area contributed by atoms with E-state index >= 15 is 0 Å². The molecule has 4 aromatic carbocycles. The molecule has 0 saturated heterocycles. The number of benzene rings is 4. The Morgan fingerprint density at radius 2 is 1.23 bits per heavy atom. The molecule has 1 aliphatic carbocycles. The van der Waals surface area contributed by atoms with Crippen molar-refractivity contribution in [2.75, 3.05) is 0 Å². The van der Waals surface area contributed by atoms with Crippen LogP contribution in [-0.2, 0) is 0 Å². The van der Waals surface area contributed by atoms with E-state index in [0.29, 0.717) is 0 Å². The highest BCUT2D eigenvalue weighted by atomic mass is 14.3. The Labute approximate surface area is 130 Å². The van der Waals surface area contributed by atoms with E-state index in [9.17, 15) is 0 Å². The van der Waals surface area contributed by atoms with Gasteiger partial charge in [-0.15, -0.1) is 0 Å². The SMILES string of the molecule is Cc1cc2c(cc1C)-c1cc3ccccc3c3cccc-2c13. The Hall–Kier alpha value is -2.60. The lowest BCUT2D eigenvalue weighted by Crippen LogP contribution is -1.84. The minimum atomic E-state index is 1.33. The molecule has 0 fully saturated rings. The van der Waals surface area contributed by atoms with Crippen LogP contribution in [0.3, 0.4) is 0 Å². The van der Waals surface area contributed by atoms with Crippen LogP contribution in [0.4, 0.5) is 0 Å². The van der Waals surface area contributed by atoms with Crippen LogP contribution in [0.25, 0.3) is 43.8 Å². The topological polar surface area (TPSA) is 0 Å². The first-order valence-corrected chi connectivity index (χ1v) is 7.80. The Balaban J connectivity index is 2.06. The lowest BCUT2D eigenvalue weighted by molar-refractivity contribution is 1.35. The lowest BCUT2D eigenvalue weighted by atomic mass is 9.96. The van der Waals surface area contributed by atoms with Gasteiger partial charge in [-0.2, -0.15) is 0 Å². The molecule has 0 unspecified atom stereocenters. The summed E-state index contributed by atoms with van der Waals surface area (Å²) in [6.45, 7) is 4.41. The molecule has 0 atom stereocenters. The highest BCUT2D eigenvalue weighted by molar-refractivity contribution is 6.23. The van der Waals surface area contributed by atoms with Crippen molar-refractivity contribution in [3.05, 3.63) is 71.8 Å². The molecule has 0 saturated carbocycles. The van der Waals surface area contributed by atoms with Crippen LogP contribution in [0.15, 0.2) is 60.7 Å². The molecule has 0 heteroatoms. The van der Waals surface area contributed by atoms with Crippen molar-refractivity contribution in [1.82, 2.24) is 0 Å². The van der Waals surface area contributed by atoms with Gasteiger partial charge in [-0.3, -0.25) is 0 Å². The van der Waals surface area contributed by atoms with Crippen molar-refractivity contribution in [2.45, 2.75) is 13.8 Å². The quantitative estimate of drug-likeness (QED) is 0.294. The van der Waals surface area contributed by atoms with Crippen LogP contribution in [-0.4, -0.2) is 0 Å². The predicted octanol–water partition coefficient (Wildman–Crippen LogP) is 6.26. The molecule has 0 bridgehead atoms. The van der Waals surface area contributed by atoms with Crippen LogP contribution < -0.4 is 0 Å². The zero-order valence-electron chi connectivity index (χ0n) is 12.8. The Bertz CT molecular complexity index is 1080. The Kier molecular flexibility index (Phi) is 2.17. The number of fused-ring (bicyclic) bond motifs is 5. The summed E-state index contributed by atoms with van der Waals surface area (Å²) in [5.41, 5.74) is 8.29. The molecule has 0 radical (unpaired) electrons. The van der Waals surface area contributed by atoms with Crippen LogP contribution in [0.5, 0.6) is 0 Å². The standard InChI is InChI=1S/C22H16/c1-13-10-19-18-9-5-8-17-16-7-4-3-6-15(16)12-21(22(17)18)20(19)11-14(13)2/h3-12H,1-2H3. The van der Waals surface area contributed by atoms with E-state index in [-0.39, 0.29) is 0 Å². The maximum absolute atomic E-state index is 2.36. The maximum atomic E-state index is 2.36. The summed E-state index contributed by atoms with van der Waals surface area (Å²) >= 11 is 0. The van der Waals surface area contributed by atoms with E-state index in [1.165, 1.54) is 54.9 Å². The fourth-order valence-corrected chi connectivity index (χ4v) is 3.86. The maximum Gasteiger partial charge on any atom is -0.00199 e. The normalized spacial score (nSPS) is 12.1. The first-order valence-electron chi connectivity index (χ1n) is 7.80. The van der Waals surface area contributed by atoms with Gasteiger partial charge in [0.05, 0.1) is 0 Å². The second-order valence-electron chi connectivity index (χ2n) is 6.36. The summed E-state index contributed by atoms with van der Waals surface area (Å²) < 4.78 is 0. The van der Waals surface area contributed by atoms with Gasteiger partial charge in [0, 0.05) is 0 Å². The summed E-state index contributed by atoms with van der Waals surface area (Å²) in [5.74, 6) is 0. The van der Waals surface area contributed by atoms with Crippen molar-refractivity contribution < 1.29 is 0 Å². The third-order valence-electron chi connectivity index (χ3n) is 5.10. The third kappa shape index (κ3) is 1.37. The summed E-state index contributed by atoms with van der Waals surface area (Å²) in [4.78, 5) is 0. The molecule has 104 valence electrons. The summed E-state index contributed by atoms with van der Waals surface area (Å²) in [5, 5.41) is 5.47. The van der Waals surface area contributed by atoms with Gasteiger partial charge in [-0.25, -0.2) is 0 Å². The van der Waals surface area contributed by atoms with Crippen molar-refractivity contribution in [2.24, 2.45) is 0 Å². The minimum Gasteiger partial charge on any atom is -0.0616 e. The van der Waals surface area contributed by atoms with Gasteiger partial charge >= 0.3 is 0 Å². The molecule has 0 spiro atoms. The van der Waals surface area contributed by atoms with Crippen molar-refractivity contribution in [3.63, 3.8) is 0 Å². The molecule has 0 aliphatic heterocycles. The second kappa shape index (κ2) is 3.98. The van der Waals surface area contributed by atoms with Crippen LogP contribution >= 0.6 is 0 Å². The van der Waals surface area contributed by atoms with E-state index in [1.54, 1.807) is 0 Å². The predicted molar refractivity (Wildman–Crippen MR) is 95.4 cm³/mol. The van der Waals surface area contributed by atoms with Crippen LogP contribution in [0, 0.1) is 13.8 Å². The molecule has 0 N–H and O–H groups in total. The van der Waals surface area contributed by atoms with Gasteiger partial charge in [0.25, 0.3) is 0 Å². The van der Waals surface area contributed by atoms with E-state index in [0.717, 1.165) is 0 Å². The summed E-state index contributed by atoms with van der Waals surface area (Å²) in [6.07, 6.45) is 0. The van der Waals surface area contributed by atoms with Gasteiger partial charge < -0.3 is 0 Å². The molecular formula is C22H16. The largest absolute Gasteiger partial charge is 0.0616 e. The summed E-state index contributed by atoms with van der Waals surface area (Å²) in [7, 11) is 0. The van der Waals surface area contributed by atoms with Crippen molar-refractivity contribution >= 4 is 21.5 Å². The number of hydrogen-bond acceptors (Lipinski definition) is 0. The van der Waals surface area contributed by atoms with E-state index in [1.807, 2.05) is 0 Å². The highest BCUT2D eigenvalue weighted by Crippen LogP contribution is 2.49. The Morgan fingerprint density at radius 1 is 0.545 bits per heavy atom. The third-order valence-corrected chi connectivity index (χ3v) is 5.10. The van der Waals surface area contributed by atoms with Gasteiger partial charge in [-0.05, 0) is 74.8 Å². The average molecular weight is 280 g/mol. The fourth-order valence-electron chi connectivity index (χ4n) is 3.86. The fraction of sp³-hybridized carbons (Fsp3) is 0.0909. The number of rotatable bonds is 0. The molecule has 5 rings (SSSR count). The molecule has 0 aromatic heterocycles. The van der Waals surface area contributed by atoms with Gasteiger partial charge in [-0.1, -0.05) is 54.6 Å². The minimum absolute atomic E-state index is 1.33. The lowest BCUT2D eigenvalue weighted by Gasteiger charge is -2.07. The highest BCUT2D eigenvalue weighted by Gasteiger charge is 2.22. The van der Waals surface area contributed by atoms with Gasteiger partial charge in [0.1, 0.15) is 0 Å². The summed E-state index contributed by atoms with van der Waals surface area (Å²) in [6, 6.07) is 22.5. The van der Waals surface area contributed by atoms with Crippen molar-refractivity contribution in [1.29, 1.82) is 0 Å². The molecule has 0 amide bonds. The smallest absolute Gasteiger partial charge is 0.00199 e. The number of aryl methyl sites for hydroxylation is 2. The molecule has 0 heterocycles. The van der Waals surface area contributed by atoms with Gasteiger partial charge in [0.2, 0.25) is 0 Å². The van der Waals surface area contributed by atoms with E-state index < -0.39 is 0 Å².